The molecule has 1 atom stereocenters. The highest BCUT2D eigenvalue weighted by molar-refractivity contribution is 5.79. The van der Waals surface area contributed by atoms with Crippen molar-refractivity contribution in [1.29, 1.82) is 0 Å². The van der Waals surface area contributed by atoms with Gasteiger partial charge in [0.25, 0.3) is 0 Å². The molecule has 1 aromatic rings. The van der Waals surface area contributed by atoms with Crippen LogP contribution in [0.15, 0.2) is 23.2 Å². The van der Waals surface area contributed by atoms with Crippen molar-refractivity contribution in [2.75, 3.05) is 60.3 Å². The number of benzene rings is 1. The zero-order chi connectivity index (χ0) is 20.0. The minimum Gasteiger partial charge on any atom is -0.497 e. The van der Waals surface area contributed by atoms with Gasteiger partial charge in [-0.3, -0.25) is 4.99 Å². The Morgan fingerprint density at radius 3 is 2.86 bits per heavy atom. The van der Waals surface area contributed by atoms with Gasteiger partial charge >= 0.3 is 0 Å². The molecule has 7 heteroatoms. The summed E-state index contributed by atoms with van der Waals surface area (Å²) >= 11 is 0. The third-order valence-electron chi connectivity index (χ3n) is 4.61. The molecule has 2 rings (SSSR count). The largest absolute Gasteiger partial charge is 0.497 e. The van der Waals surface area contributed by atoms with Crippen molar-refractivity contribution in [2.24, 2.45) is 10.9 Å². The van der Waals surface area contributed by atoms with Crippen LogP contribution >= 0.6 is 0 Å². The van der Waals surface area contributed by atoms with Crippen LogP contribution in [0.25, 0.3) is 0 Å². The zero-order valence-electron chi connectivity index (χ0n) is 17.5. The van der Waals surface area contributed by atoms with Crippen molar-refractivity contribution in [3.63, 3.8) is 0 Å². The molecule has 1 unspecified atom stereocenters. The summed E-state index contributed by atoms with van der Waals surface area (Å²) in [5, 5.41) is 6.66. The van der Waals surface area contributed by atoms with Crippen LogP contribution in [0.3, 0.4) is 0 Å². The Kier molecular flexibility index (Phi) is 10.5. The number of hydrogen-bond donors (Lipinski definition) is 2. The monoisotopic (exact) mass is 393 g/mol. The number of methoxy groups -OCH3 is 2. The van der Waals surface area contributed by atoms with Crippen LogP contribution in [-0.4, -0.2) is 66.2 Å². The fourth-order valence-electron chi connectivity index (χ4n) is 3.06. The first-order valence-corrected chi connectivity index (χ1v) is 10.1. The maximum absolute atomic E-state index is 5.73. The van der Waals surface area contributed by atoms with Crippen molar-refractivity contribution < 1.29 is 18.9 Å². The average Bonchev–Trinajstić information content (AvgIpc) is 3.23. The smallest absolute Gasteiger partial charge is 0.191 e. The van der Waals surface area contributed by atoms with Crippen LogP contribution in [0.5, 0.6) is 11.5 Å². The predicted octanol–water partition coefficient (Wildman–Crippen LogP) is 2.24. The van der Waals surface area contributed by atoms with Crippen molar-refractivity contribution in [3.05, 3.63) is 23.8 Å². The summed E-state index contributed by atoms with van der Waals surface area (Å²) < 4.78 is 21.8. The molecule has 1 saturated heterocycles. The van der Waals surface area contributed by atoms with Gasteiger partial charge in [0.15, 0.2) is 5.96 Å². The predicted molar refractivity (Wildman–Crippen MR) is 112 cm³/mol. The van der Waals surface area contributed by atoms with Crippen LogP contribution < -0.4 is 20.1 Å². The number of guanidine groups is 1. The highest BCUT2D eigenvalue weighted by Gasteiger charge is 2.15. The Bertz CT molecular complexity index is 589. The van der Waals surface area contributed by atoms with Gasteiger partial charge in [-0.1, -0.05) is 0 Å². The highest BCUT2D eigenvalue weighted by atomic mass is 16.5. The second kappa shape index (κ2) is 13.2. The minimum atomic E-state index is 0.566. The van der Waals surface area contributed by atoms with E-state index < -0.39 is 0 Å². The van der Waals surface area contributed by atoms with Gasteiger partial charge in [-0.2, -0.15) is 0 Å². The van der Waals surface area contributed by atoms with E-state index >= 15 is 0 Å². The maximum atomic E-state index is 5.73. The second-order valence-electron chi connectivity index (χ2n) is 6.77. The summed E-state index contributed by atoms with van der Waals surface area (Å²) in [5.74, 6) is 3.10. The molecule has 0 radical (unpaired) electrons. The van der Waals surface area contributed by atoms with E-state index in [1.165, 1.54) is 0 Å². The van der Waals surface area contributed by atoms with Crippen molar-refractivity contribution >= 4 is 5.96 Å². The molecule has 1 aromatic carbocycles. The molecule has 0 amide bonds. The first-order chi connectivity index (χ1) is 13.8. The Hall–Kier alpha value is -1.99. The van der Waals surface area contributed by atoms with Gasteiger partial charge < -0.3 is 29.6 Å². The lowest BCUT2D eigenvalue weighted by Crippen LogP contribution is -2.38. The Labute approximate surface area is 168 Å². The molecule has 7 nitrogen and oxygen atoms in total. The normalized spacial score (nSPS) is 16.8. The molecular formula is C21H35N3O4. The van der Waals surface area contributed by atoms with Gasteiger partial charge in [0.2, 0.25) is 0 Å². The van der Waals surface area contributed by atoms with Gasteiger partial charge in [0.1, 0.15) is 11.5 Å². The maximum Gasteiger partial charge on any atom is 0.191 e. The van der Waals surface area contributed by atoms with Crippen molar-refractivity contribution in [3.8, 4) is 11.5 Å². The summed E-state index contributed by atoms with van der Waals surface area (Å²) in [6, 6.07) is 5.85. The van der Waals surface area contributed by atoms with E-state index in [-0.39, 0.29) is 0 Å². The number of nitrogens with zero attached hydrogens (tertiary/aromatic N) is 1. The molecular weight excluding hydrogens is 358 g/mol. The van der Waals surface area contributed by atoms with E-state index in [2.05, 4.69) is 22.5 Å². The molecule has 0 bridgehead atoms. The van der Waals surface area contributed by atoms with Crippen molar-refractivity contribution in [2.45, 2.75) is 26.2 Å². The summed E-state index contributed by atoms with van der Waals surface area (Å²) in [7, 11) is 3.36. The van der Waals surface area contributed by atoms with Crippen molar-refractivity contribution in [1.82, 2.24) is 10.6 Å². The summed E-state index contributed by atoms with van der Waals surface area (Å²) in [4.78, 5) is 4.62. The molecule has 158 valence electrons. The average molecular weight is 394 g/mol. The van der Waals surface area contributed by atoms with E-state index in [4.69, 9.17) is 18.9 Å². The first-order valence-electron chi connectivity index (χ1n) is 10.1. The van der Waals surface area contributed by atoms with Gasteiger partial charge in [0, 0.05) is 38.8 Å². The number of ether oxygens (including phenoxy) is 4. The number of nitrogens with one attached hydrogen (secondary N) is 2. The molecule has 1 aliphatic rings. The van der Waals surface area contributed by atoms with Crippen LogP contribution in [0, 0.1) is 5.92 Å². The van der Waals surface area contributed by atoms with Crippen LogP contribution in [0.2, 0.25) is 0 Å². The summed E-state index contributed by atoms with van der Waals surface area (Å²) in [5.41, 5.74) is 1.11. The number of hydrogen-bond acceptors (Lipinski definition) is 5. The molecule has 1 aliphatic heterocycles. The zero-order valence-corrected chi connectivity index (χ0v) is 17.5. The van der Waals surface area contributed by atoms with Gasteiger partial charge in [-0.25, -0.2) is 0 Å². The standard InChI is InChI=1S/C21H35N3O4/c1-4-22-21(23-10-5-12-27-15-17-9-13-28-16-17)24-11-8-18-14-19(25-2)6-7-20(18)26-3/h6-7,14,17H,4-5,8-13,15-16H2,1-3H3,(H2,22,23,24). The molecule has 1 heterocycles. The van der Waals surface area contributed by atoms with Crippen LogP contribution in [-0.2, 0) is 15.9 Å². The minimum absolute atomic E-state index is 0.566. The molecule has 2 N–H and O–H groups in total. The van der Waals surface area contributed by atoms with E-state index in [0.29, 0.717) is 5.92 Å². The lowest BCUT2D eigenvalue weighted by atomic mass is 10.1. The lowest BCUT2D eigenvalue weighted by Gasteiger charge is -2.14. The fourth-order valence-corrected chi connectivity index (χ4v) is 3.06. The molecule has 0 saturated carbocycles. The Morgan fingerprint density at radius 2 is 2.14 bits per heavy atom. The second-order valence-corrected chi connectivity index (χ2v) is 6.77. The third kappa shape index (κ3) is 7.94. The Balaban J connectivity index is 1.70. The van der Waals surface area contributed by atoms with Crippen LogP contribution in [0.4, 0.5) is 0 Å². The fraction of sp³-hybridized carbons (Fsp3) is 0.667. The third-order valence-corrected chi connectivity index (χ3v) is 4.61. The van der Waals surface area contributed by atoms with E-state index in [1.54, 1.807) is 14.2 Å². The number of rotatable bonds is 12. The first kappa shape index (κ1) is 22.3. The number of aliphatic imine (C=N–C) groups is 1. The highest BCUT2D eigenvalue weighted by Crippen LogP contribution is 2.24. The van der Waals surface area contributed by atoms with Gasteiger partial charge in [-0.15, -0.1) is 0 Å². The SMILES string of the molecule is CCNC(=NCCCOCC1CCOC1)NCCc1cc(OC)ccc1OC. The van der Waals surface area contributed by atoms with Crippen LogP contribution in [0.1, 0.15) is 25.3 Å². The molecule has 0 aromatic heterocycles. The molecule has 1 fully saturated rings. The Morgan fingerprint density at radius 1 is 1.25 bits per heavy atom. The topological polar surface area (TPSA) is 73.3 Å². The van der Waals surface area contributed by atoms with Gasteiger partial charge in [0.05, 0.1) is 27.4 Å². The summed E-state index contributed by atoms with van der Waals surface area (Å²) in [6.07, 6.45) is 2.84. The van der Waals surface area contributed by atoms with E-state index in [0.717, 1.165) is 88.3 Å². The molecule has 28 heavy (non-hydrogen) atoms. The molecule has 0 spiro atoms. The summed E-state index contributed by atoms with van der Waals surface area (Å²) in [6.45, 7) is 7.63. The molecule has 0 aliphatic carbocycles. The van der Waals surface area contributed by atoms with E-state index in [9.17, 15) is 0 Å². The van der Waals surface area contributed by atoms with E-state index in [1.807, 2.05) is 18.2 Å². The lowest BCUT2D eigenvalue weighted by molar-refractivity contribution is 0.0893. The quantitative estimate of drug-likeness (QED) is 0.322. The van der Waals surface area contributed by atoms with Gasteiger partial charge in [-0.05, 0) is 49.9 Å².